The van der Waals surface area contributed by atoms with Crippen LogP contribution in [-0.4, -0.2) is 52.1 Å². The van der Waals surface area contributed by atoms with E-state index in [-0.39, 0.29) is 17.7 Å². The van der Waals surface area contributed by atoms with E-state index >= 15 is 0 Å². The average molecular weight is 266 g/mol. The first-order valence-electron chi connectivity index (χ1n) is 6.27. The number of carbonyl (C=O) groups excluding carboxylic acids is 2. The van der Waals surface area contributed by atoms with E-state index in [1.54, 1.807) is 23.8 Å². The quantitative estimate of drug-likeness (QED) is 0.781. The molecule has 1 fully saturated rings. The number of likely N-dealkylation sites (tertiary alicyclic amines) is 1. The Labute approximate surface area is 111 Å². The number of aryl methyl sites for hydroxylation is 1. The molecule has 0 N–H and O–H groups in total. The summed E-state index contributed by atoms with van der Waals surface area (Å²) in [6, 6.07) is 0. The molecule has 2 heterocycles. The lowest BCUT2D eigenvalue weighted by Gasteiger charge is -2.20. The highest BCUT2D eigenvalue weighted by atomic mass is 16.6. The van der Waals surface area contributed by atoms with Gasteiger partial charge < -0.3 is 9.80 Å². The maximum atomic E-state index is 12.3. The topological polar surface area (TPSA) is 79.5 Å². The van der Waals surface area contributed by atoms with Crippen LogP contribution in [0, 0.1) is 12.8 Å². The predicted octanol–water partition coefficient (Wildman–Crippen LogP) is 0.205. The van der Waals surface area contributed by atoms with E-state index in [0.29, 0.717) is 31.0 Å². The van der Waals surface area contributed by atoms with Crippen molar-refractivity contribution in [3.63, 3.8) is 0 Å². The fourth-order valence-electron chi connectivity index (χ4n) is 2.26. The molecule has 1 aliphatic rings. The summed E-state index contributed by atoms with van der Waals surface area (Å²) in [5.74, 6) is -0.0604. The molecule has 2 rings (SSSR count). The molecule has 1 atom stereocenters. The Bertz CT molecular complexity index is 485. The van der Waals surface area contributed by atoms with Crippen molar-refractivity contribution in [3.8, 4) is 0 Å². The van der Waals surface area contributed by atoms with Gasteiger partial charge in [0.2, 0.25) is 11.8 Å². The Morgan fingerprint density at radius 2 is 2.21 bits per heavy atom. The van der Waals surface area contributed by atoms with Crippen LogP contribution in [0.25, 0.3) is 0 Å². The van der Waals surface area contributed by atoms with Crippen molar-refractivity contribution in [2.45, 2.75) is 26.8 Å². The Morgan fingerprint density at radius 1 is 1.47 bits per heavy atom. The van der Waals surface area contributed by atoms with Crippen LogP contribution in [0.5, 0.6) is 0 Å². The number of nitrogens with zero attached hydrogens (tertiary/aromatic N) is 4. The summed E-state index contributed by atoms with van der Waals surface area (Å²) in [4.78, 5) is 26.8. The van der Waals surface area contributed by atoms with Crippen LogP contribution < -0.4 is 0 Å². The van der Waals surface area contributed by atoms with E-state index in [2.05, 4.69) is 14.9 Å². The molecule has 1 aromatic rings. The molecule has 0 saturated carbocycles. The summed E-state index contributed by atoms with van der Waals surface area (Å²) in [7, 11) is 1.73. The second-order valence-corrected chi connectivity index (χ2v) is 4.94. The third-order valence-corrected chi connectivity index (χ3v) is 3.49. The Balaban J connectivity index is 1.93. The third-order valence-electron chi connectivity index (χ3n) is 3.49. The number of hydrogen-bond acceptors (Lipinski definition) is 5. The first-order chi connectivity index (χ1) is 8.99. The van der Waals surface area contributed by atoms with Crippen molar-refractivity contribution in [3.05, 3.63) is 11.4 Å². The number of aromatic nitrogens is 2. The first-order valence-corrected chi connectivity index (χ1v) is 6.27. The molecule has 0 bridgehead atoms. The zero-order valence-electron chi connectivity index (χ0n) is 11.4. The Morgan fingerprint density at radius 3 is 2.74 bits per heavy atom. The molecule has 7 nitrogen and oxygen atoms in total. The largest absolute Gasteiger partial charge is 0.342 e. The van der Waals surface area contributed by atoms with Crippen molar-refractivity contribution in [1.82, 2.24) is 20.1 Å². The van der Waals surface area contributed by atoms with Crippen molar-refractivity contribution < 1.29 is 14.2 Å². The monoisotopic (exact) mass is 266 g/mol. The molecule has 104 valence electrons. The zero-order chi connectivity index (χ0) is 14.0. The van der Waals surface area contributed by atoms with Crippen LogP contribution in [0.4, 0.5) is 0 Å². The van der Waals surface area contributed by atoms with Crippen molar-refractivity contribution in [2.75, 3.05) is 20.1 Å². The molecule has 0 radical (unpaired) electrons. The van der Waals surface area contributed by atoms with Crippen LogP contribution in [-0.2, 0) is 16.1 Å². The summed E-state index contributed by atoms with van der Waals surface area (Å²) in [6.07, 6.45) is 0.721. The number of hydrogen-bond donors (Lipinski definition) is 0. The van der Waals surface area contributed by atoms with Gasteiger partial charge in [0.15, 0.2) is 0 Å². The van der Waals surface area contributed by atoms with Gasteiger partial charge in [0.05, 0.1) is 12.5 Å². The minimum atomic E-state index is -0.117. The SMILES string of the molecule is CC(=O)N1CCC(C(=O)N(C)Cc2nonc2C)C1. The van der Waals surface area contributed by atoms with Crippen LogP contribution in [0.1, 0.15) is 24.7 Å². The number of rotatable bonds is 3. The van der Waals surface area contributed by atoms with E-state index in [9.17, 15) is 9.59 Å². The van der Waals surface area contributed by atoms with Crippen molar-refractivity contribution in [2.24, 2.45) is 5.92 Å². The standard InChI is InChI=1S/C12H18N4O3/c1-8-11(14-19-13-8)7-15(3)12(18)10-4-5-16(6-10)9(2)17/h10H,4-7H2,1-3H3. The average Bonchev–Trinajstić information content (AvgIpc) is 2.98. The third kappa shape index (κ3) is 2.91. The lowest BCUT2D eigenvalue weighted by atomic mass is 10.1. The molecule has 0 aliphatic carbocycles. The van der Waals surface area contributed by atoms with Gasteiger partial charge in [-0.3, -0.25) is 9.59 Å². The highest BCUT2D eigenvalue weighted by Crippen LogP contribution is 2.19. The summed E-state index contributed by atoms with van der Waals surface area (Å²) in [5.41, 5.74) is 1.36. The highest BCUT2D eigenvalue weighted by molar-refractivity contribution is 5.81. The normalized spacial score (nSPS) is 18.7. The molecular formula is C12H18N4O3. The van der Waals surface area contributed by atoms with Crippen molar-refractivity contribution >= 4 is 11.8 Å². The van der Waals surface area contributed by atoms with E-state index in [1.807, 2.05) is 0 Å². The van der Waals surface area contributed by atoms with Crippen LogP contribution in [0.3, 0.4) is 0 Å². The van der Waals surface area contributed by atoms with Gasteiger partial charge in [-0.25, -0.2) is 4.63 Å². The Kier molecular flexibility index (Phi) is 3.82. The molecular weight excluding hydrogens is 248 g/mol. The van der Waals surface area contributed by atoms with Crippen molar-refractivity contribution in [1.29, 1.82) is 0 Å². The van der Waals surface area contributed by atoms with Gasteiger partial charge in [0.1, 0.15) is 11.4 Å². The maximum absolute atomic E-state index is 12.3. The molecule has 0 spiro atoms. The minimum Gasteiger partial charge on any atom is -0.342 e. The smallest absolute Gasteiger partial charge is 0.227 e. The number of carbonyl (C=O) groups is 2. The molecule has 7 heteroatoms. The number of amides is 2. The molecule has 19 heavy (non-hydrogen) atoms. The lowest BCUT2D eigenvalue weighted by molar-refractivity contribution is -0.134. The first kappa shape index (κ1) is 13.5. The van der Waals surface area contributed by atoms with E-state index in [0.717, 1.165) is 6.42 Å². The van der Waals surface area contributed by atoms with Gasteiger partial charge in [-0.05, 0) is 13.3 Å². The Hall–Kier alpha value is -1.92. The maximum Gasteiger partial charge on any atom is 0.227 e. The fourth-order valence-corrected chi connectivity index (χ4v) is 2.26. The van der Waals surface area contributed by atoms with Gasteiger partial charge in [-0.15, -0.1) is 0 Å². The summed E-state index contributed by atoms with van der Waals surface area (Å²) >= 11 is 0. The van der Waals surface area contributed by atoms with Crippen LogP contribution in [0.15, 0.2) is 4.63 Å². The second kappa shape index (κ2) is 5.38. The van der Waals surface area contributed by atoms with E-state index in [1.165, 1.54) is 6.92 Å². The van der Waals surface area contributed by atoms with Crippen LogP contribution >= 0.6 is 0 Å². The van der Waals surface area contributed by atoms with Gasteiger partial charge in [0.25, 0.3) is 0 Å². The predicted molar refractivity (Wildman–Crippen MR) is 65.9 cm³/mol. The molecule has 1 unspecified atom stereocenters. The summed E-state index contributed by atoms with van der Waals surface area (Å²) < 4.78 is 4.61. The minimum absolute atomic E-state index is 0.0227. The van der Waals surface area contributed by atoms with Gasteiger partial charge in [-0.2, -0.15) is 0 Å². The zero-order valence-corrected chi connectivity index (χ0v) is 11.4. The molecule has 1 aromatic heterocycles. The fraction of sp³-hybridized carbons (Fsp3) is 0.667. The molecule has 1 saturated heterocycles. The van der Waals surface area contributed by atoms with Gasteiger partial charge in [-0.1, -0.05) is 10.3 Å². The van der Waals surface area contributed by atoms with E-state index < -0.39 is 0 Å². The van der Waals surface area contributed by atoms with Crippen LogP contribution in [0.2, 0.25) is 0 Å². The van der Waals surface area contributed by atoms with Gasteiger partial charge >= 0.3 is 0 Å². The second-order valence-electron chi connectivity index (χ2n) is 4.94. The molecule has 1 aliphatic heterocycles. The molecule has 0 aromatic carbocycles. The lowest BCUT2D eigenvalue weighted by Crippen LogP contribution is -2.35. The summed E-state index contributed by atoms with van der Waals surface area (Å²) in [5, 5.41) is 7.45. The molecule has 2 amide bonds. The van der Waals surface area contributed by atoms with E-state index in [4.69, 9.17) is 0 Å². The summed E-state index contributed by atoms with van der Waals surface area (Å²) in [6.45, 7) is 4.86. The van der Waals surface area contributed by atoms with Gasteiger partial charge in [0, 0.05) is 27.1 Å². The highest BCUT2D eigenvalue weighted by Gasteiger charge is 2.31.